The molecule has 0 aliphatic rings. The summed E-state index contributed by atoms with van der Waals surface area (Å²) in [6, 6.07) is 22.3. The number of para-hydroxylation sites is 2. The first-order valence-electron chi connectivity index (χ1n) is 11.5. The topological polar surface area (TPSA) is 93.8 Å². The number of nitrogens with one attached hydrogen (secondary N) is 2. The number of hydrogen-bond donors (Lipinski definition) is 2. The third-order valence-corrected chi connectivity index (χ3v) is 5.84. The fourth-order valence-corrected chi connectivity index (χ4v) is 3.96. The Labute approximate surface area is 208 Å². The van der Waals surface area contributed by atoms with Gasteiger partial charge in [0.2, 0.25) is 0 Å². The number of carbonyl (C=O) groups is 2. The van der Waals surface area contributed by atoms with Gasteiger partial charge in [0.1, 0.15) is 0 Å². The average molecular weight is 477 g/mol. The summed E-state index contributed by atoms with van der Waals surface area (Å²) in [5, 5.41) is 5.90. The first-order valence-corrected chi connectivity index (χ1v) is 11.5. The second kappa shape index (κ2) is 10.5. The van der Waals surface area contributed by atoms with E-state index in [0.717, 1.165) is 22.5 Å². The monoisotopic (exact) mass is 476 g/mol. The molecule has 0 unspecified atom stereocenters. The van der Waals surface area contributed by atoms with Crippen LogP contribution in [0.25, 0.3) is 11.4 Å². The zero-order valence-electron chi connectivity index (χ0n) is 19.4. The summed E-state index contributed by atoms with van der Waals surface area (Å²) in [5.41, 5.74) is 4.81. The molecule has 8 nitrogen and oxygen atoms in total. The zero-order chi connectivity index (χ0) is 24.7. The van der Waals surface area contributed by atoms with E-state index in [-0.39, 0.29) is 11.8 Å². The van der Waals surface area contributed by atoms with Gasteiger partial charge in [-0.15, -0.1) is 0 Å². The number of hydrogen-bond acceptors (Lipinski definition) is 4. The third kappa shape index (κ3) is 5.07. The van der Waals surface area contributed by atoms with Crippen LogP contribution < -0.4 is 10.6 Å². The summed E-state index contributed by atoms with van der Waals surface area (Å²) in [7, 11) is 0. The number of rotatable bonds is 8. The van der Waals surface area contributed by atoms with Crippen LogP contribution in [0.5, 0.6) is 0 Å². The molecule has 0 atom stereocenters. The van der Waals surface area contributed by atoms with Gasteiger partial charge in [-0.1, -0.05) is 36.4 Å². The largest absolute Gasteiger partial charge is 0.348 e. The summed E-state index contributed by atoms with van der Waals surface area (Å²) < 4.78 is 3.81. The second-order valence-electron chi connectivity index (χ2n) is 8.14. The van der Waals surface area contributed by atoms with E-state index in [9.17, 15) is 9.59 Å². The summed E-state index contributed by atoms with van der Waals surface area (Å²) in [6.45, 7) is 0.734. The van der Waals surface area contributed by atoms with E-state index in [0.29, 0.717) is 24.2 Å². The van der Waals surface area contributed by atoms with Crippen LogP contribution in [0.15, 0.2) is 110 Å². The summed E-state index contributed by atoms with van der Waals surface area (Å²) >= 11 is 0. The van der Waals surface area contributed by atoms with E-state index in [1.54, 1.807) is 49.3 Å². The Morgan fingerprint density at radius 1 is 0.611 bits per heavy atom. The van der Waals surface area contributed by atoms with Gasteiger partial charge in [0, 0.05) is 49.0 Å². The smallest absolute Gasteiger partial charge is 0.251 e. The first-order chi connectivity index (χ1) is 17.7. The van der Waals surface area contributed by atoms with Crippen LogP contribution in [0.3, 0.4) is 0 Å². The van der Waals surface area contributed by atoms with Gasteiger partial charge in [0.25, 0.3) is 11.8 Å². The minimum atomic E-state index is -0.211. The molecule has 0 saturated heterocycles. The van der Waals surface area contributed by atoms with E-state index < -0.39 is 0 Å². The van der Waals surface area contributed by atoms with Crippen molar-refractivity contribution in [3.05, 3.63) is 132 Å². The molecule has 2 amide bonds. The van der Waals surface area contributed by atoms with Gasteiger partial charge in [-0.3, -0.25) is 9.59 Å². The predicted molar refractivity (Wildman–Crippen MR) is 136 cm³/mol. The highest BCUT2D eigenvalue weighted by atomic mass is 16.2. The lowest BCUT2D eigenvalue weighted by Crippen LogP contribution is -2.25. The Balaban J connectivity index is 1.20. The van der Waals surface area contributed by atoms with Crippen molar-refractivity contribution < 1.29 is 9.59 Å². The molecule has 3 aromatic carbocycles. The van der Waals surface area contributed by atoms with Gasteiger partial charge in [-0.25, -0.2) is 9.97 Å². The third-order valence-electron chi connectivity index (χ3n) is 5.84. The molecule has 5 rings (SSSR count). The molecule has 0 saturated carbocycles. The number of benzene rings is 3. The molecule has 8 heteroatoms. The Hall–Kier alpha value is -4.98. The normalized spacial score (nSPS) is 10.7. The van der Waals surface area contributed by atoms with Crippen molar-refractivity contribution >= 4 is 11.8 Å². The molecule has 0 fully saturated rings. The van der Waals surface area contributed by atoms with Gasteiger partial charge in [-0.05, 0) is 47.5 Å². The molecule has 36 heavy (non-hydrogen) atoms. The lowest BCUT2D eigenvalue weighted by Gasteiger charge is -2.12. The predicted octanol–water partition coefficient (Wildman–Crippen LogP) is 3.92. The molecule has 0 aliphatic heterocycles. The number of carbonyl (C=O) groups excluding carboxylic acids is 2. The van der Waals surface area contributed by atoms with Crippen molar-refractivity contribution in [2.45, 2.75) is 13.1 Å². The van der Waals surface area contributed by atoms with Gasteiger partial charge < -0.3 is 19.8 Å². The van der Waals surface area contributed by atoms with Crippen LogP contribution in [0.1, 0.15) is 31.8 Å². The minimum Gasteiger partial charge on any atom is -0.348 e. The molecule has 0 bridgehead atoms. The quantitative estimate of drug-likeness (QED) is 0.355. The molecule has 178 valence electrons. The Bertz CT molecular complexity index is 1350. The number of amides is 2. The number of imidazole rings is 2. The fraction of sp³-hybridized carbons (Fsp3) is 0.0714. The maximum absolute atomic E-state index is 12.7. The Kier molecular flexibility index (Phi) is 6.66. The zero-order valence-corrected chi connectivity index (χ0v) is 19.4. The van der Waals surface area contributed by atoms with Gasteiger partial charge in [0.05, 0.1) is 24.0 Å². The summed E-state index contributed by atoms with van der Waals surface area (Å²) in [5.74, 6) is -0.423. The number of nitrogens with zero attached hydrogens (tertiary/aromatic N) is 4. The highest BCUT2D eigenvalue weighted by Crippen LogP contribution is 2.16. The highest BCUT2D eigenvalue weighted by molar-refractivity contribution is 5.97. The molecule has 2 N–H and O–H groups in total. The standard InChI is InChI=1S/C28H24N6O2/c35-27(31-17-23-5-1-3-7-25(23)33-15-13-29-19-33)21-9-11-22(12-10-21)28(36)32-18-24-6-2-4-8-26(24)34-16-14-30-20-34/h1-16,19-20H,17-18H2,(H,31,35)(H,32,36). The highest BCUT2D eigenvalue weighted by Gasteiger charge is 2.11. The van der Waals surface area contributed by atoms with Gasteiger partial charge >= 0.3 is 0 Å². The van der Waals surface area contributed by atoms with Crippen LogP contribution in [0.2, 0.25) is 0 Å². The van der Waals surface area contributed by atoms with Crippen LogP contribution in [0.4, 0.5) is 0 Å². The van der Waals surface area contributed by atoms with Gasteiger partial charge in [0.15, 0.2) is 0 Å². The first kappa shape index (κ1) is 22.8. The Morgan fingerprint density at radius 3 is 1.42 bits per heavy atom. The molecular formula is C28H24N6O2. The minimum absolute atomic E-state index is 0.211. The molecular weight excluding hydrogens is 452 g/mol. The maximum Gasteiger partial charge on any atom is 0.251 e. The van der Waals surface area contributed by atoms with Crippen molar-refractivity contribution in [2.75, 3.05) is 0 Å². The van der Waals surface area contributed by atoms with Crippen LogP contribution >= 0.6 is 0 Å². The summed E-state index contributed by atoms with van der Waals surface area (Å²) in [6.07, 6.45) is 10.6. The van der Waals surface area contributed by atoms with Crippen molar-refractivity contribution in [2.24, 2.45) is 0 Å². The summed E-state index contributed by atoms with van der Waals surface area (Å²) in [4.78, 5) is 33.6. The van der Waals surface area contributed by atoms with E-state index in [4.69, 9.17) is 0 Å². The van der Waals surface area contributed by atoms with Crippen molar-refractivity contribution in [1.29, 1.82) is 0 Å². The van der Waals surface area contributed by atoms with E-state index >= 15 is 0 Å². The SMILES string of the molecule is O=C(NCc1ccccc1-n1ccnc1)c1ccc(C(=O)NCc2ccccc2-n2ccnc2)cc1. The molecule has 0 spiro atoms. The van der Waals surface area contributed by atoms with Crippen LogP contribution in [0, 0.1) is 0 Å². The van der Waals surface area contributed by atoms with E-state index in [2.05, 4.69) is 20.6 Å². The van der Waals surface area contributed by atoms with Crippen molar-refractivity contribution in [3.63, 3.8) is 0 Å². The van der Waals surface area contributed by atoms with Gasteiger partial charge in [-0.2, -0.15) is 0 Å². The van der Waals surface area contributed by atoms with Crippen LogP contribution in [-0.2, 0) is 13.1 Å². The molecule has 5 aromatic rings. The van der Waals surface area contributed by atoms with E-state index in [1.807, 2.05) is 70.1 Å². The van der Waals surface area contributed by atoms with E-state index in [1.165, 1.54) is 0 Å². The second-order valence-corrected chi connectivity index (χ2v) is 8.14. The fourth-order valence-electron chi connectivity index (χ4n) is 3.96. The maximum atomic E-state index is 12.7. The van der Waals surface area contributed by atoms with Crippen LogP contribution in [-0.4, -0.2) is 30.9 Å². The van der Waals surface area contributed by atoms with Crippen molar-refractivity contribution in [3.8, 4) is 11.4 Å². The average Bonchev–Trinajstić information content (AvgIpc) is 3.66. The molecule has 0 aliphatic carbocycles. The number of aromatic nitrogens is 4. The molecule has 2 aromatic heterocycles. The lowest BCUT2D eigenvalue weighted by molar-refractivity contribution is 0.0939. The Morgan fingerprint density at radius 2 is 1.03 bits per heavy atom. The molecule has 2 heterocycles. The molecule has 0 radical (unpaired) electrons. The van der Waals surface area contributed by atoms with Crippen molar-refractivity contribution in [1.82, 2.24) is 29.7 Å². The lowest BCUT2D eigenvalue weighted by atomic mass is 10.1.